The van der Waals surface area contributed by atoms with Crippen molar-refractivity contribution in [2.24, 2.45) is 0 Å². The van der Waals surface area contributed by atoms with Crippen LogP contribution in [0, 0.1) is 0 Å². The summed E-state index contributed by atoms with van der Waals surface area (Å²) >= 11 is 0. The van der Waals surface area contributed by atoms with E-state index in [0.29, 0.717) is 38.5 Å². The highest BCUT2D eigenvalue weighted by atomic mass is 16.4. The van der Waals surface area contributed by atoms with Crippen LogP contribution in [0.2, 0.25) is 0 Å². The maximum Gasteiger partial charge on any atom is 0.129 e. The number of rotatable bonds is 18. The van der Waals surface area contributed by atoms with Crippen molar-refractivity contribution >= 4 is 5.97 Å². The molecule has 0 saturated carbocycles. The van der Waals surface area contributed by atoms with Crippen molar-refractivity contribution in [3.05, 3.63) is 24.3 Å². The van der Waals surface area contributed by atoms with Crippen molar-refractivity contribution in [2.45, 2.75) is 90.4 Å². The molecular formula is C23H43NO5. The van der Waals surface area contributed by atoms with E-state index in [-0.39, 0.29) is 30.7 Å². The molecule has 0 heterocycles. The molecule has 29 heavy (non-hydrogen) atoms. The molecule has 0 aromatic carbocycles. The van der Waals surface area contributed by atoms with Gasteiger partial charge in [0.25, 0.3) is 0 Å². The van der Waals surface area contributed by atoms with Gasteiger partial charge in [-0.2, -0.15) is 0 Å². The predicted octanol–water partition coefficient (Wildman–Crippen LogP) is 1.93. The lowest BCUT2D eigenvalue weighted by atomic mass is 10.0. The zero-order valence-electron chi connectivity index (χ0n) is 18.6. The lowest BCUT2D eigenvalue weighted by Gasteiger charge is -2.47. The van der Waals surface area contributed by atoms with E-state index in [0.717, 1.165) is 12.8 Å². The Morgan fingerprint density at radius 3 is 1.72 bits per heavy atom. The van der Waals surface area contributed by atoms with Gasteiger partial charge in [0.1, 0.15) is 37.9 Å². The molecule has 0 rings (SSSR count). The van der Waals surface area contributed by atoms with Crippen molar-refractivity contribution in [1.29, 1.82) is 0 Å². The monoisotopic (exact) mass is 413 g/mol. The summed E-state index contributed by atoms with van der Waals surface area (Å²) in [6.45, 7) is 6.31. The predicted molar refractivity (Wildman–Crippen MR) is 115 cm³/mol. The minimum atomic E-state index is -1.18. The number of carbonyl (C=O) groups excluding carboxylic acids is 1. The lowest BCUT2D eigenvalue weighted by molar-refractivity contribution is -0.950. The molecular weight excluding hydrogens is 370 g/mol. The minimum Gasteiger partial charge on any atom is -0.544 e. The maximum atomic E-state index is 12.0. The third-order valence-corrected chi connectivity index (χ3v) is 5.33. The first-order valence-corrected chi connectivity index (χ1v) is 11.2. The molecule has 170 valence electrons. The summed E-state index contributed by atoms with van der Waals surface area (Å²) < 4.78 is -0.0516. The number of allylic oxidation sites excluding steroid dienone is 4. The van der Waals surface area contributed by atoms with E-state index in [1.807, 2.05) is 45.1 Å². The molecule has 3 atom stereocenters. The first-order valence-electron chi connectivity index (χ1n) is 11.2. The average Bonchev–Trinajstić information content (AvgIpc) is 2.66. The van der Waals surface area contributed by atoms with Crippen LogP contribution in [0.25, 0.3) is 0 Å². The van der Waals surface area contributed by atoms with Crippen LogP contribution < -0.4 is 5.11 Å². The highest BCUT2D eigenvalue weighted by molar-refractivity contribution is 5.69. The number of nitrogens with zero attached hydrogens (tertiary/aromatic N) is 1. The Bertz CT molecular complexity index is 452. The standard InChI is InChI=1S/C23H43NO5/c1-4-7-9-11-14-20(26)18-24(16-17-25,22(13-6-3)23(28)29)19-21(27)15-12-10-8-5-2/h7-10,20-22,25-27H,4-6,11-19H2,1-3H3/b9-7+,10-8+. The first-order chi connectivity index (χ1) is 13.9. The smallest absolute Gasteiger partial charge is 0.129 e. The van der Waals surface area contributed by atoms with E-state index < -0.39 is 24.2 Å². The van der Waals surface area contributed by atoms with Crippen molar-refractivity contribution in [3.8, 4) is 0 Å². The van der Waals surface area contributed by atoms with Gasteiger partial charge in [-0.15, -0.1) is 0 Å². The second-order valence-electron chi connectivity index (χ2n) is 7.88. The average molecular weight is 414 g/mol. The van der Waals surface area contributed by atoms with E-state index in [9.17, 15) is 25.2 Å². The third-order valence-electron chi connectivity index (χ3n) is 5.33. The van der Waals surface area contributed by atoms with Gasteiger partial charge in [-0.05, 0) is 38.5 Å². The normalized spacial score (nSPS) is 17.4. The van der Waals surface area contributed by atoms with Gasteiger partial charge in [-0.3, -0.25) is 0 Å². The van der Waals surface area contributed by atoms with Gasteiger partial charge in [0.15, 0.2) is 0 Å². The van der Waals surface area contributed by atoms with Crippen LogP contribution in [-0.4, -0.2) is 70.3 Å². The van der Waals surface area contributed by atoms with Crippen molar-refractivity contribution in [3.63, 3.8) is 0 Å². The van der Waals surface area contributed by atoms with Crippen LogP contribution in [0.5, 0.6) is 0 Å². The molecule has 3 unspecified atom stereocenters. The molecule has 0 aromatic heterocycles. The second kappa shape index (κ2) is 16.6. The number of hydrogen-bond donors (Lipinski definition) is 3. The van der Waals surface area contributed by atoms with E-state index in [4.69, 9.17) is 0 Å². The van der Waals surface area contributed by atoms with Crippen LogP contribution in [0.3, 0.4) is 0 Å². The van der Waals surface area contributed by atoms with Gasteiger partial charge in [0, 0.05) is 6.42 Å². The molecule has 0 fully saturated rings. The molecule has 0 bridgehead atoms. The quantitative estimate of drug-likeness (QED) is 0.235. The van der Waals surface area contributed by atoms with Gasteiger partial charge in [0.05, 0.1) is 12.6 Å². The van der Waals surface area contributed by atoms with Gasteiger partial charge in [-0.1, -0.05) is 51.5 Å². The van der Waals surface area contributed by atoms with E-state index in [2.05, 4.69) is 0 Å². The molecule has 0 saturated heterocycles. The number of quaternary nitrogens is 1. The Balaban J connectivity index is 5.48. The summed E-state index contributed by atoms with van der Waals surface area (Å²) in [5, 5.41) is 42.9. The van der Waals surface area contributed by atoms with Crippen molar-refractivity contribution in [1.82, 2.24) is 0 Å². The van der Waals surface area contributed by atoms with Gasteiger partial charge >= 0.3 is 0 Å². The number of aliphatic hydroxyl groups excluding tert-OH is 3. The molecule has 6 nitrogen and oxygen atoms in total. The summed E-state index contributed by atoms with van der Waals surface area (Å²) in [6.07, 6.45) is 12.0. The SMILES string of the molecule is CC/C=C/CCC(O)C[N+](CCO)(CC(O)CC/C=C/CC)C(CCC)C(=O)[O-]. The van der Waals surface area contributed by atoms with Crippen LogP contribution in [0.1, 0.15) is 72.1 Å². The first kappa shape index (κ1) is 27.8. The molecule has 0 amide bonds. The molecule has 0 aromatic rings. The maximum absolute atomic E-state index is 12.0. The Morgan fingerprint density at radius 2 is 1.38 bits per heavy atom. The topological polar surface area (TPSA) is 101 Å². The Kier molecular flexibility index (Phi) is 15.9. The van der Waals surface area contributed by atoms with Crippen LogP contribution >= 0.6 is 0 Å². The summed E-state index contributed by atoms with van der Waals surface area (Å²) in [4.78, 5) is 12.0. The fourth-order valence-corrected chi connectivity index (χ4v) is 3.92. The van der Waals surface area contributed by atoms with Crippen molar-refractivity contribution < 1.29 is 29.7 Å². The second-order valence-corrected chi connectivity index (χ2v) is 7.88. The highest BCUT2D eigenvalue weighted by Crippen LogP contribution is 2.23. The van der Waals surface area contributed by atoms with E-state index in [1.54, 1.807) is 0 Å². The summed E-state index contributed by atoms with van der Waals surface area (Å²) in [5.41, 5.74) is 0. The minimum absolute atomic E-state index is 0.0516. The van der Waals surface area contributed by atoms with E-state index in [1.165, 1.54) is 0 Å². The molecule has 0 aliphatic heterocycles. The number of hydrogen-bond acceptors (Lipinski definition) is 5. The summed E-state index contributed by atoms with van der Waals surface area (Å²) in [7, 11) is 0. The third kappa shape index (κ3) is 11.5. The fraction of sp³-hybridized carbons (Fsp3) is 0.783. The number of aliphatic hydroxyl groups is 3. The van der Waals surface area contributed by atoms with E-state index >= 15 is 0 Å². The highest BCUT2D eigenvalue weighted by Gasteiger charge is 2.40. The summed E-state index contributed by atoms with van der Waals surface area (Å²) in [6, 6.07) is -0.867. The molecule has 0 spiro atoms. The molecule has 3 N–H and O–H groups in total. The Morgan fingerprint density at radius 1 is 0.897 bits per heavy atom. The Hall–Kier alpha value is -1.21. The molecule has 0 radical (unpaired) electrons. The van der Waals surface area contributed by atoms with Gasteiger partial charge in [0.2, 0.25) is 0 Å². The van der Waals surface area contributed by atoms with Gasteiger partial charge in [-0.25, -0.2) is 0 Å². The van der Waals surface area contributed by atoms with Crippen LogP contribution in [0.15, 0.2) is 24.3 Å². The molecule has 0 aliphatic carbocycles. The van der Waals surface area contributed by atoms with Crippen LogP contribution in [0.4, 0.5) is 0 Å². The molecule has 6 heteroatoms. The Labute approximate surface area is 177 Å². The van der Waals surface area contributed by atoms with Gasteiger partial charge < -0.3 is 29.7 Å². The van der Waals surface area contributed by atoms with Crippen molar-refractivity contribution in [2.75, 3.05) is 26.2 Å². The zero-order valence-corrected chi connectivity index (χ0v) is 18.6. The summed E-state index contributed by atoms with van der Waals surface area (Å²) in [5.74, 6) is -1.18. The number of carboxylic acid groups (broad SMARTS) is 1. The molecule has 0 aliphatic rings. The zero-order chi connectivity index (χ0) is 22.1. The lowest BCUT2D eigenvalue weighted by Crippen LogP contribution is -2.67. The number of carboxylic acids is 1. The fourth-order valence-electron chi connectivity index (χ4n) is 3.92. The number of aliphatic carboxylic acids is 1. The van der Waals surface area contributed by atoms with Crippen LogP contribution in [-0.2, 0) is 4.79 Å². The number of carbonyl (C=O) groups is 1. The largest absolute Gasteiger partial charge is 0.544 e.